The molecule has 1 aliphatic rings. The number of carbonyl (C=O) groups excluding carboxylic acids is 1. The Kier molecular flexibility index (Phi) is 2.04. The highest BCUT2D eigenvalue weighted by Crippen LogP contribution is 2.26. The summed E-state index contributed by atoms with van der Waals surface area (Å²) in [5.74, 6) is 0.235. The van der Waals surface area contributed by atoms with E-state index in [4.69, 9.17) is 0 Å². The minimum absolute atomic E-state index is 0.122. The van der Waals surface area contributed by atoms with Gasteiger partial charge in [-0.25, -0.2) is 4.79 Å². The summed E-state index contributed by atoms with van der Waals surface area (Å²) >= 11 is 0. The molecule has 1 saturated heterocycles. The zero-order valence-electron chi connectivity index (χ0n) is 7.87. The second-order valence-corrected chi connectivity index (χ2v) is 3.47. The molecule has 1 fully saturated rings. The number of amides is 2. The van der Waals surface area contributed by atoms with Gasteiger partial charge in [0.25, 0.3) is 0 Å². The van der Waals surface area contributed by atoms with Crippen LogP contribution in [0.5, 0.6) is 5.75 Å². The molecule has 1 atom stereocenters. The number of rotatable bonds is 1. The Morgan fingerprint density at radius 1 is 1.50 bits per heavy atom. The van der Waals surface area contributed by atoms with Crippen LogP contribution in [0.15, 0.2) is 18.2 Å². The highest BCUT2D eigenvalue weighted by molar-refractivity contribution is 5.77. The minimum atomic E-state index is -0.185. The molecule has 0 radical (unpaired) electrons. The summed E-state index contributed by atoms with van der Waals surface area (Å²) in [6, 6.07) is 5.14. The number of aromatic hydroxyl groups is 1. The lowest BCUT2D eigenvalue weighted by molar-refractivity contribution is 0.247. The second kappa shape index (κ2) is 3.21. The fraction of sp³-hybridized carbons (Fsp3) is 0.300. The third kappa shape index (κ3) is 1.51. The Hall–Kier alpha value is -1.71. The number of hydrogen-bond acceptors (Lipinski definition) is 2. The summed E-state index contributed by atoms with van der Waals surface area (Å²) in [4.78, 5) is 10.9. The van der Waals surface area contributed by atoms with Crippen LogP contribution in [0.25, 0.3) is 0 Å². The van der Waals surface area contributed by atoms with E-state index in [-0.39, 0.29) is 17.8 Å². The maximum atomic E-state index is 10.9. The number of urea groups is 1. The molecule has 0 aromatic heterocycles. The molecular formula is C10H12N2O2. The van der Waals surface area contributed by atoms with Gasteiger partial charge in [0.2, 0.25) is 0 Å². The lowest BCUT2D eigenvalue weighted by Crippen LogP contribution is -2.21. The SMILES string of the molecule is Cc1ccc([C@@H]2CNC(=O)N2)c(O)c1. The predicted octanol–water partition coefficient (Wildman–Crippen LogP) is 1.05. The van der Waals surface area contributed by atoms with Crippen molar-refractivity contribution in [1.82, 2.24) is 10.6 Å². The zero-order valence-corrected chi connectivity index (χ0v) is 7.87. The van der Waals surface area contributed by atoms with Crippen LogP contribution >= 0.6 is 0 Å². The molecule has 2 amide bonds. The van der Waals surface area contributed by atoms with Gasteiger partial charge in [-0.1, -0.05) is 12.1 Å². The predicted molar refractivity (Wildman–Crippen MR) is 52.1 cm³/mol. The molecule has 1 heterocycles. The minimum Gasteiger partial charge on any atom is -0.508 e. The molecule has 0 spiro atoms. The van der Waals surface area contributed by atoms with Gasteiger partial charge in [-0.05, 0) is 18.6 Å². The van der Waals surface area contributed by atoms with Crippen molar-refractivity contribution < 1.29 is 9.90 Å². The quantitative estimate of drug-likeness (QED) is 0.623. The van der Waals surface area contributed by atoms with E-state index in [0.29, 0.717) is 6.54 Å². The van der Waals surface area contributed by atoms with Gasteiger partial charge in [-0.15, -0.1) is 0 Å². The average molecular weight is 192 g/mol. The molecular weight excluding hydrogens is 180 g/mol. The topological polar surface area (TPSA) is 61.4 Å². The molecule has 1 aromatic rings. The van der Waals surface area contributed by atoms with E-state index in [1.807, 2.05) is 19.1 Å². The average Bonchev–Trinajstić information content (AvgIpc) is 2.51. The lowest BCUT2D eigenvalue weighted by Gasteiger charge is -2.11. The van der Waals surface area contributed by atoms with Gasteiger partial charge < -0.3 is 15.7 Å². The maximum absolute atomic E-state index is 10.9. The van der Waals surface area contributed by atoms with Crippen molar-refractivity contribution in [3.8, 4) is 5.75 Å². The largest absolute Gasteiger partial charge is 0.508 e. The summed E-state index contributed by atoms with van der Waals surface area (Å²) in [6.45, 7) is 2.43. The van der Waals surface area contributed by atoms with Gasteiger partial charge >= 0.3 is 6.03 Å². The molecule has 4 heteroatoms. The number of nitrogens with one attached hydrogen (secondary N) is 2. The van der Waals surface area contributed by atoms with Crippen LogP contribution in [0.4, 0.5) is 4.79 Å². The van der Waals surface area contributed by atoms with Crippen molar-refractivity contribution >= 4 is 6.03 Å². The first-order chi connectivity index (χ1) is 6.66. The molecule has 0 bridgehead atoms. The van der Waals surface area contributed by atoms with Crippen molar-refractivity contribution in [3.63, 3.8) is 0 Å². The number of benzene rings is 1. The van der Waals surface area contributed by atoms with Crippen molar-refractivity contribution in [1.29, 1.82) is 0 Å². The summed E-state index contributed by atoms with van der Waals surface area (Å²) in [6.07, 6.45) is 0. The monoisotopic (exact) mass is 192 g/mol. The summed E-state index contributed by atoms with van der Waals surface area (Å²) in [5.41, 5.74) is 1.76. The first-order valence-corrected chi connectivity index (χ1v) is 4.50. The molecule has 3 N–H and O–H groups in total. The first kappa shape index (κ1) is 8.87. The highest BCUT2D eigenvalue weighted by atomic mass is 16.3. The van der Waals surface area contributed by atoms with Gasteiger partial charge in [0.15, 0.2) is 0 Å². The fourth-order valence-electron chi connectivity index (χ4n) is 1.59. The fourth-order valence-corrected chi connectivity index (χ4v) is 1.59. The normalized spacial score (nSPS) is 20.4. The number of hydrogen-bond donors (Lipinski definition) is 3. The second-order valence-electron chi connectivity index (χ2n) is 3.47. The van der Waals surface area contributed by atoms with Gasteiger partial charge in [0.1, 0.15) is 5.75 Å². The first-order valence-electron chi connectivity index (χ1n) is 4.50. The van der Waals surface area contributed by atoms with E-state index < -0.39 is 0 Å². The Balaban J connectivity index is 2.28. The number of phenolic OH excluding ortho intramolecular Hbond substituents is 1. The Morgan fingerprint density at radius 3 is 2.86 bits per heavy atom. The molecule has 14 heavy (non-hydrogen) atoms. The van der Waals surface area contributed by atoms with Crippen LogP contribution in [-0.4, -0.2) is 17.7 Å². The number of aryl methyl sites for hydroxylation is 1. The Bertz CT molecular complexity index is 376. The van der Waals surface area contributed by atoms with Gasteiger partial charge in [-0.3, -0.25) is 0 Å². The third-order valence-corrected chi connectivity index (χ3v) is 2.33. The summed E-state index contributed by atoms with van der Waals surface area (Å²) in [7, 11) is 0. The van der Waals surface area contributed by atoms with E-state index in [1.165, 1.54) is 0 Å². The van der Waals surface area contributed by atoms with Crippen molar-refractivity contribution in [2.45, 2.75) is 13.0 Å². The molecule has 74 valence electrons. The Labute approximate surface area is 81.9 Å². The van der Waals surface area contributed by atoms with E-state index >= 15 is 0 Å². The van der Waals surface area contributed by atoms with Crippen molar-refractivity contribution in [3.05, 3.63) is 29.3 Å². The molecule has 0 aliphatic carbocycles. The van der Waals surface area contributed by atoms with E-state index in [2.05, 4.69) is 10.6 Å². The van der Waals surface area contributed by atoms with E-state index in [1.54, 1.807) is 6.07 Å². The molecule has 1 aliphatic heterocycles. The molecule has 1 aromatic carbocycles. The number of carbonyl (C=O) groups is 1. The molecule has 2 rings (SSSR count). The van der Waals surface area contributed by atoms with Gasteiger partial charge in [0.05, 0.1) is 6.04 Å². The zero-order chi connectivity index (χ0) is 10.1. The van der Waals surface area contributed by atoms with Crippen LogP contribution in [-0.2, 0) is 0 Å². The van der Waals surface area contributed by atoms with Crippen LogP contribution in [0.2, 0.25) is 0 Å². The van der Waals surface area contributed by atoms with E-state index in [0.717, 1.165) is 11.1 Å². The highest BCUT2D eigenvalue weighted by Gasteiger charge is 2.23. The maximum Gasteiger partial charge on any atom is 0.315 e. The molecule has 0 saturated carbocycles. The van der Waals surface area contributed by atoms with Crippen molar-refractivity contribution in [2.24, 2.45) is 0 Å². The van der Waals surface area contributed by atoms with Crippen LogP contribution in [0.1, 0.15) is 17.2 Å². The lowest BCUT2D eigenvalue weighted by atomic mass is 10.0. The van der Waals surface area contributed by atoms with E-state index in [9.17, 15) is 9.90 Å². The molecule has 0 unspecified atom stereocenters. The molecule has 4 nitrogen and oxygen atoms in total. The number of phenols is 1. The standard InChI is InChI=1S/C10H12N2O2/c1-6-2-3-7(9(13)4-6)8-5-11-10(14)12-8/h2-4,8,13H,5H2,1H3,(H2,11,12,14)/t8-/m0/s1. The third-order valence-electron chi connectivity index (χ3n) is 2.33. The Morgan fingerprint density at radius 2 is 2.29 bits per heavy atom. The van der Waals surface area contributed by atoms with Crippen molar-refractivity contribution in [2.75, 3.05) is 6.54 Å². The summed E-state index contributed by atoms with van der Waals surface area (Å²) in [5, 5.41) is 15.0. The van der Waals surface area contributed by atoms with Crippen LogP contribution in [0, 0.1) is 6.92 Å². The summed E-state index contributed by atoms with van der Waals surface area (Å²) < 4.78 is 0. The van der Waals surface area contributed by atoms with Gasteiger partial charge in [0, 0.05) is 12.1 Å². The van der Waals surface area contributed by atoms with Crippen LogP contribution in [0.3, 0.4) is 0 Å². The van der Waals surface area contributed by atoms with Gasteiger partial charge in [-0.2, -0.15) is 0 Å². The van der Waals surface area contributed by atoms with Crippen LogP contribution < -0.4 is 10.6 Å². The smallest absolute Gasteiger partial charge is 0.315 e.